The van der Waals surface area contributed by atoms with Gasteiger partial charge in [-0.1, -0.05) is 42.9 Å². The van der Waals surface area contributed by atoms with Gasteiger partial charge in [-0.3, -0.25) is 0 Å². The van der Waals surface area contributed by atoms with E-state index in [1.54, 1.807) is 0 Å². The summed E-state index contributed by atoms with van der Waals surface area (Å²) in [6.07, 6.45) is 6.44. The fraction of sp³-hybridized carbons (Fsp3) is 0.692. The highest BCUT2D eigenvalue weighted by Crippen LogP contribution is 2.13. The Labute approximate surface area is 95.9 Å². The molecule has 0 aromatic rings. The summed E-state index contributed by atoms with van der Waals surface area (Å²) >= 11 is 0. The first-order valence-electron chi connectivity index (χ1n) is 5.72. The van der Waals surface area contributed by atoms with E-state index in [1.165, 1.54) is 11.1 Å². The van der Waals surface area contributed by atoms with Crippen molar-refractivity contribution in [1.82, 2.24) is 0 Å². The number of aliphatic hydroxyl groups excluding tert-OH is 1. The van der Waals surface area contributed by atoms with Crippen molar-refractivity contribution in [2.24, 2.45) is 0 Å². The average molecular weight is 226 g/mol. The maximum Gasteiger partial charge on any atom is 0.0831 e. The van der Waals surface area contributed by atoms with Crippen molar-refractivity contribution < 1.29 is 5.11 Å². The lowest BCUT2D eigenvalue weighted by Gasteiger charge is -2.21. The molecule has 0 spiro atoms. The van der Waals surface area contributed by atoms with Gasteiger partial charge < -0.3 is 5.11 Å². The molecular weight excluding hydrogens is 200 g/mol. The molecule has 0 aliphatic heterocycles. The molecule has 1 unspecified atom stereocenters. The molecule has 1 atom stereocenters. The van der Waals surface area contributed by atoms with Crippen LogP contribution in [-0.2, 0) is 0 Å². The third-order valence-corrected chi connectivity index (χ3v) is 4.36. The summed E-state index contributed by atoms with van der Waals surface area (Å²) in [6.45, 7) is 12.9. The molecule has 0 fully saturated rings. The molecule has 0 aromatic heterocycles. The zero-order valence-electron chi connectivity index (χ0n) is 11.1. The molecule has 0 aliphatic rings. The van der Waals surface area contributed by atoms with E-state index in [0.717, 1.165) is 12.8 Å². The molecule has 2 heteroatoms. The molecular formula is C13H26OSi. The number of hydrogen-bond donors (Lipinski definition) is 1. The summed E-state index contributed by atoms with van der Waals surface area (Å²) in [4.78, 5) is 0. The van der Waals surface area contributed by atoms with E-state index in [0.29, 0.717) is 0 Å². The lowest BCUT2D eigenvalue weighted by atomic mass is 10.1. The first-order valence-corrected chi connectivity index (χ1v) is 9.30. The van der Waals surface area contributed by atoms with Crippen molar-refractivity contribution in [3.63, 3.8) is 0 Å². The Bertz CT molecular complexity index is 242. The molecule has 0 bridgehead atoms. The van der Waals surface area contributed by atoms with Crippen molar-refractivity contribution in [1.29, 1.82) is 0 Å². The smallest absolute Gasteiger partial charge is 0.0831 e. The van der Waals surface area contributed by atoms with E-state index in [1.807, 2.05) is 6.08 Å². The number of aliphatic hydroxyl groups is 1. The maximum absolute atomic E-state index is 9.93. The number of allylic oxidation sites excluding steroid dienone is 3. The molecule has 0 saturated carbocycles. The minimum atomic E-state index is -1.42. The first-order chi connectivity index (χ1) is 6.73. The van der Waals surface area contributed by atoms with Gasteiger partial charge in [0, 0.05) is 0 Å². The van der Waals surface area contributed by atoms with Gasteiger partial charge in [0.25, 0.3) is 0 Å². The van der Waals surface area contributed by atoms with Crippen LogP contribution in [0.15, 0.2) is 23.3 Å². The molecule has 0 rings (SSSR count). The van der Waals surface area contributed by atoms with Gasteiger partial charge >= 0.3 is 0 Å². The van der Waals surface area contributed by atoms with Crippen LogP contribution in [0.4, 0.5) is 0 Å². The summed E-state index contributed by atoms with van der Waals surface area (Å²) in [5, 5.41) is 9.93. The zero-order valence-corrected chi connectivity index (χ0v) is 12.1. The third kappa shape index (κ3) is 7.57. The largest absolute Gasteiger partial charge is 0.393 e. The summed E-state index contributed by atoms with van der Waals surface area (Å²) in [7, 11) is -1.42. The van der Waals surface area contributed by atoms with Crippen molar-refractivity contribution in [2.75, 3.05) is 0 Å². The van der Waals surface area contributed by atoms with Crippen LogP contribution in [0.2, 0.25) is 19.6 Å². The molecule has 15 heavy (non-hydrogen) atoms. The van der Waals surface area contributed by atoms with E-state index in [4.69, 9.17) is 0 Å². The minimum absolute atomic E-state index is 0.204. The zero-order chi connectivity index (χ0) is 12.1. The normalized spacial score (nSPS) is 15.0. The fourth-order valence-electron chi connectivity index (χ4n) is 1.19. The van der Waals surface area contributed by atoms with Crippen LogP contribution < -0.4 is 0 Å². The first kappa shape index (κ1) is 14.7. The molecule has 0 saturated heterocycles. The standard InChI is InChI=1S/C13H26OSi/c1-11(2)8-7-9-12(3)10-13(14)15(4,5)6/h8,10,13-14H,7,9H2,1-6H3. The summed E-state index contributed by atoms with van der Waals surface area (Å²) < 4.78 is 0. The Morgan fingerprint density at radius 2 is 1.73 bits per heavy atom. The highest BCUT2D eigenvalue weighted by atomic mass is 28.3. The monoisotopic (exact) mass is 226 g/mol. The Balaban J connectivity index is 4.15. The van der Waals surface area contributed by atoms with Crippen LogP contribution in [0.1, 0.15) is 33.6 Å². The third-order valence-electron chi connectivity index (χ3n) is 2.42. The molecule has 0 aliphatic carbocycles. The van der Waals surface area contributed by atoms with E-state index in [9.17, 15) is 5.11 Å². The topological polar surface area (TPSA) is 20.2 Å². The van der Waals surface area contributed by atoms with E-state index < -0.39 is 8.07 Å². The van der Waals surface area contributed by atoms with Gasteiger partial charge in [-0.25, -0.2) is 0 Å². The van der Waals surface area contributed by atoms with Gasteiger partial charge in [0.15, 0.2) is 0 Å². The molecule has 1 nitrogen and oxygen atoms in total. The van der Waals surface area contributed by atoms with Gasteiger partial charge in [0.1, 0.15) is 0 Å². The van der Waals surface area contributed by atoms with Crippen LogP contribution in [0.5, 0.6) is 0 Å². The van der Waals surface area contributed by atoms with Crippen LogP contribution in [0.25, 0.3) is 0 Å². The van der Waals surface area contributed by atoms with Crippen LogP contribution in [0.3, 0.4) is 0 Å². The van der Waals surface area contributed by atoms with Gasteiger partial charge in [-0.2, -0.15) is 0 Å². The maximum atomic E-state index is 9.93. The van der Waals surface area contributed by atoms with Gasteiger partial charge in [0.05, 0.1) is 13.8 Å². The summed E-state index contributed by atoms with van der Waals surface area (Å²) in [5.74, 6) is 0. The Morgan fingerprint density at radius 3 is 2.13 bits per heavy atom. The van der Waals surface area contributed by atoms with Gasteiger partial charge in [-0.05, 0) is 33.6 Å². The van der Waals surface area contributed by atoms with Gasteiger partial charge in [-0.15, -0.1) is 0 Å². The highest BCUT2D eigenvalue weighted by molar-refractivity contribution is 6.77. The van der Waals surface area contributed by atoms with Crippen molar-refractivity contribution in [2.45, 2.75) is 59.0 Å². The van der Waals surface area contributed by atoms with E-state index in [2.05, 4.69) is 46.5 Å². The predicted molar refractivity (Wildman–Crippen MR) is 71.8 cm³/mol. The van der Waals surface area contributed by atoms with Crippen LogP contribution in [-0.4, -0.2) is 18.9 Å². The Kier molecular flexibility index (Phi) is 6.14. The van der Waals surface area contributed by atoms with Crippen molar-refractivity contribution >= 4 is 8.07 Å². The van der Waals surface area contributed by atoms with Crippen molar-refractivity contribution in [3.8, 4) is 0 Å². The summed E-state index contributed by atoms with van der Waals surface area (Å²) in [5.41, 5.74) is 2.47. The van der Waals surface area contributed by atoms with Gasteiger partial charge in [0.2, 0.25) is 0 Å². The van der Waals surface area contributed by atoms with Crippen molar-refractivity contribution in [3.05, 3.63) is 23.3 Å². The second kappa shape index (κ2) is 6.29. The van der Waals surface area contributed by atoms with Crippen LogP contribution >= 0.6 is 0 Å². The Morgan fingerprint density at radius 1 is 1.20 bits per heavy atom. The minimum Gasteiger partial charge on any atom is -0.393 e. The average Bonchev–Trinajstić information content (AvgIpc) is 2.01. The second-order valence-electron chi connectivity index (χ2n) is 5.64. The lowest BCUT2D eigenvalue weighted by molar-refractivity contribution is 0.290. The molecule has 88 valence electrons. The molecule has 0 aromatic carbocycles. The van der Waals surface area contributed by atoms with E-state index in [-0.39, 0.29) is 5.73 Å². The highest BCUT2D eigenvalue weighted by Gasteiger charge is 2.22. The Hall–Kier alpha value is -0.343. The van der Waals surface area contributed by atoms with Crippen LogP contribution in [0, 0.1) is 0 Å². The second-order valence-corrected chi connectivity index (χ2v) is 11.0. The SMILES string of the molecule is CC(C)=CCCC(C)=CC(O)[Si](C)(C)C. The summed E-state index contributed by atoms with van der Waals surface area (Å²) in [6, 6.07) is 0. The molecule has 0 radical (unpaired) electrons. The molecule has 0 heterocycles. The predicted octanol–water partition coefficient (Wildman–Crippen LogP) is 3.92. The molecule has 0 amide bonds. The molecule has 1 N–H and O–H groups in total. The number of hydrogen-bond acceptors (Lipinski definition) is 1. The quantitative estimate of drug-likeness (QED) is 0.556. The lowest BCUT2D eigenvalue weighted by Crippen LogP contribution is -2.36. The van der Waals surface area contributed by atoms with E-state index >= 15 is 0 Å². The number of rotatable bonds is 5. The fourth-order valence-corrected chi connectivity index (χ4v) is 1.98.